The number of unbranched alkanes of at least 4 members (excludes halogenated alkanes) is 30. The highest BCUT2D eigenvalue weighted by molar-refractivity contribution is 5.70. The zero-order valence-electron chi connectivity index (χ0n) is 52.7. The van der Waals surface area contributed by atoms with Gasteiger partial charge >= 0.3 is 11.9 Å². The monoisotopic (exact) mass is 1060 g/mol. The lowest BCUT2D eigenvalue weighted by Gasteiger charge is -2.28. The molecule has 440 valence electrons. The number of aromatic hydroxyl groups is 2. The van der Waals surface area contributed by atoms with Crippen molar-refractivity contribution >= 4 is 11.9 Å². The molecule has 2 N–H and O–H groups in total. The van der Waals surface area contributed by atoms with E-state index in [1.54, 1.807) is 0 Å². The second-order valence-corrected chi connectivity index (χ2v) is 27.1. The number of benzene rings is 2. The van der Waals surface area contributed by atoms with Crippen LogP contribution in [0.3, 0.4) is 0 Å². The van der Waals surface area contributed by atoms with Crippen molar-refractivity contribution in [2.24, 2.45) is 0 Å². The number of phenols is 2. The lowest BCUT2D eigenvalue weighted by Crippen LogP contribution is -2.18. The summed E-state index contributed by atoms with van der Waals surface area (Å²) in [5.74, 6) is 0.543. The SMILES string of the molecule is CCCCCCCCCCCCCCCCCCOC(=O)CCc1cc(C(C)(C)C)c(O)c(C(C)(C)C)c1.CCCCCCCCCCCCCCCCCCOC(=O)CCc1cc(C(C)(C)C)c(O)c(C(C)(C)C)c1. The van der Waals surface area contributed by atoms with Gasteiger partial charge in [0.05, 0.1) is 13.2 Å². The van der Waals surface area contributed by atoms with Gasteiger partial charge in [-0.2, -0.15) is 0 Å². The Balaban J connectivity index is 0.000000760. The van der Waals surface area contributed by atoms with Gasteiger partial charge in [0, 0.05) is 12.8 Å². The van der Waals surface area contributed by atoms with E-state index in [4.69, 9.17) is 9.47 Å². The summed E-state index contributed by atoms with van der Waals surface area (Å²) in [6.45, 7) is 31.0. The van der Waals surface area contributed by atoms with Gasteiger partial charge in [-0.15, -0.1) is 0 Å². The number of hydrogen-bond acceptors (Lipinski definition) is 6. The first-order valence-electron chi connectivity index (χ1n) is 32.0. The minimum Gasteiger partial charge on any atom is -0.507 e. The molecule has 2 rings (SSSR count). The van der Waals surface area contributed by atoms with Crippen LogP contribution in [0.5, 0.6) is 11.5 Å². The van der Waals surface area contributed by atoms with Gasteiger partial charge in [-0.25, -0.2) is 0 Å². The van der Waals surface area contributed by atoms with E-state index in [2.05, 4.69) is 121 Å². The van der Waals surface area contributed by atoms with Crippen LogP contribution in [0, 0.1) is 0 Å². The van der Waals surface area contributed by atoms with E-state index >= 15 is 0 Å². The van der Waals surface area contributed by atoms with Crippen molar-refractivity contribution in [1.29, 1.82) is 0 Å². The molecule has 2 aromatic rings. The summed E-state index contributed by atoms with van der Waals surface area (Å²) >= 11 is 0. The molecule has 0 aliphatic carbocycles. The maximum absolute atomic E-state index is 12.3. The first kappa shape index (κ1) is 71.0. The molecular formula is C70H124O6. The molecule has 6 heteroatoms. The van der Waals surface area contributed by atoms with Crippen LogP contribution in [0.25, 0.3) is 0 Å². The normalized spacial score (nSPS) is 12.2. The fourth-order valence-corrected chi connectivity index (χ4v) is 10.3. The van der Waals surface area contributed by atoms with Gasteiger partial charge in [-0.05, 0) is 80.7 Å². The largest absolute Gasteiger partial charge is 0.507 e. The predicted octanol–water partition coefficient (Wildman–Crippen LogP) is 21.4. The van der Waals surface area contributed by atoms with E-state index in [1.165, 1.54) is 180 Å². The maximum Gasteiger partial charge on any atom is 0.306 e. The Labute approximate surface area is 471 Å². The van der Waals surface area contributed by atoms with Crippen LogP contribution in [-0.4, -0.2) is 35.4 Å². The lowest BCUT2D eigenvalue weighted by molar-refractivity contribution is -0.144. The molecule has 0 aliphatic heterocycles. The maximum atomic E-state index is 12.3. The number of carbonyl (C=O) groups excluding carboxylic acids is 2. The Morgan fingerprint density at radius 2 is 0.513 bits per heavy atom. The van der Waals surface area contributed by atoms with Crippen molar-refractivity contribution < 1.29 is 29.3 Å². The Morgan fingerprint density at radius 3 is 0.697 bits per heavy atom. The van der Waals surface area contributed by atoms with Crippen molar-refractivity contribution in [3.8, 4) is 11.5 Å². The molecule has 0 bridgehead atoms. The van der Waals surface area contributed by atoms with Crippen LogP contribution >= 0.6 is 0 Å². The second-order valence-electron chi connectivity index (χ2n) is 27.1. The molecule has 0 saturated heterocycles. The van der Waals surface area contributed by atoms with E-state index in [9.17, 15) is 19.8 Å². The second kappa shape index (κ2) is 40.2. The molecule has 0 heterocycles. The van der Waals surface area contributed by atoms with Crippen LogP contribution < -0.4 is 0 Å². The quantitative estimate of drug-likeness (QED) is 0.0510. The van der Waals surface area contributed by atoms with E-state index in [0.717, 1.165) is 59.1 Å². The predicted molar refractivity (Wildman–Crippen MR) is 329 cm³/mol. The molecule has 0 atom stereocenters. The van der Waals surface area contributed by atoms with Gasteiger partial charge < -0.3 is 19.7 Å². The molecule has 0 amide bonds. The summed E-state index contributed by atoms with van der Waals surface area (Å²) in [5, 5.41) is 21.8. The topological polar surface area (TPSA) is 93.1 Å². The Hall–Kier alpha value is -3.02. The number of aryl methyl sites for hydroxylation is 2. The third-order valence-corrected chi connectivity index (χ3v) is 15.3. The van der Waals surface area contributed by atoms with E-state index in [-0.39, 0.29) is 33.6 Å². The van der Waals surface area contributed by atoms with Gasteiger partial charge in [0.1, 0.15) is 11.5 Å². The average Bonchev–Trinajstić information content (AvgIpc) is 3.34. The molecule has 0 fully saturated rings. The summed E-state index contributed by atoms with van der Waals surface area (Å²) in [7, 11) is 0. The number of esters is 2. The van der Waals surface area contributed by atoms with Gasteiger partial charge in [-0.3, -0.25) is 9.59 Å². The summed E-state index contributed by atoms with van der Waals surface area (Å²) in [4.78, 5) is 24.7. The molecule has 0 aromatic heterocycles. The first-order chi connectivity index (χ1) is 35.9. The van der Waals surface area contributed by atoms with Crippen molar-refractivity contribution in [2.45, 2.75) is 350 Å². The van der Waals surface area contributed by atoms with E-state index < -0.39 is 0 Å². The highest BCUT2D eigenvalue weighted by Gasteiger charge is 2.28. The molecule has 6 nitrogen and oxygen atoms in total. The smallest absolute Gasteiger partial charge is 0.306 e. The number of carbonyl (C=O) groups is 2. The average molecular weight is 1060 g/mol. The number of hydrogen-bond donors (Lipinski definition) is 2. The summed E-state index contributed by atoms with van der Waals surface area (Å²) in [5.41, 5.74) is 5.34. The fourth-order valence-electron chi connectivity index (χ4n) is 10.3. The van der Waals surface area contributed by atoms with Gasteiger partial charge in [-0.1, -0.05) is 314 Å². The highest BCUT2D eigenvalue weighted by atomic mass is 16.5. The minimum atomic E-state index is -0.159. The Kier molecular flexibility index (Phi) is 37.6. The van der Waals surface area contributed by atoms with Gasteiger partial charge in [0.25, 0.3) is 0 Å². The van der Waals surface area contributed by atoms with E-state index in [1.807, 2.05) is 0 Å². The molecule has 0 aliphatic rings. The highest BCUT2D eigenvalue weighted by Crippen LogP contribution is 2.41. The van der Waals surface area contributed by atoms with Crippen molar-refractivity contribution in [2.75, 3.05) is 13.2 Å². The van der Waals surface area contributed by atoms with Crippen molar-refractivity contribution in [1.82, 2.24) is 0 Å². The molecule has 0 unspecified atom stereocenters. The molecule has 0 saturated carbocycles. The number of rotatable bonds is 40. The van der Waals surface area contributed by atoms with Gasteiger partial charge in [0.15, 0.2) is 0 Å². The van der Waals surface area contributed by atoms with Crippen LogP contribution in [0.15, 0.2) is 24.3 Å². The fraction of sp³-hybridized carbons (Fsp3) is 0.800. The zero-order valence-corrected chi connectivity index (χ0v) is 52.7. The first-order valence-corrected chi connectivity index (χ1v) is 32.0. The summed E-state index contributed by atoms with van der Waals surface area (Å²) < 4.78 is 11.0. The molecule has 2 aromatic carbocycles. The van der Waals surface area contributed by atoms with Crippen LogP contribution in [0.2, 0.25) is 0 Å². The van der Waals surface area contributed by atoms with Crippen LogP contribution in [-0.2, 0) is 53.6 Å². The number of ether oxygens (including phenoxy) is 2. The summed E-state index contributed by atoms with van der Waals surface area (Å²) in [6, 6.07) is 8.25. The van der Waals surface area contributed by atoms with Gasteiger partial charge in [0.2, 0.25) is 0 Å². The Bertz CT molecular complexity index is 1590. The van der Waals surface area contributed by atoms with Crippen molar-refractivity contribution in [3.63, 3.8) is 0 Å². The van der Waals surface area contributed by atoms with Crippen molar-refractivity contribution in [3.05, 3.63) is 57.6 Å². The minimum absolute atomic E-state index is 0.117. The van der Waals surface area contributed by atoms with Crippen LogP contribution in [0.4, 0.5) is 0 Å². The summed E-state index contributed by atoms with van der Waals surface area (Å²) in [6.07, 6.45) is 45.0. The third-order valence-electron chi connectivity index (χ3n) is 15.3. The lowest BCUT2D eigenvalue weighted by atomic mass is 9.78. The Morgan fingerprint density at radius 1 is 0.329 bits per heavy atom. The third kappa shape index (κ3) is 34.1. The molecule has 0 radical (unpaired) electrons. The zero-order chi connectivity index (χ0) is 56.9. The molecule has 0 spiro atoms. The van der Waals surface area contributed by atoms with Crippen LogP contribution in [0.1, 0.15) is 349 Å². The standard InChI is InChI=1S/2C35H62O3/c2*1-8-9-10-11-12-13-14-15-16-17-18-19-20-21-22-23-26-38-32(36)25-24-29-27-30(34(2,3)4)33(37)31(28-29)35(5,6)7/h2*27-28,37H,8-26H2,1-7H3. The van der Waals surface area contributed by atoms with E-state index in [0.29, 0.717) is 50.4 Å². The molecular weight excluding hydrogens is 937 g/mol. The number of phenolic OH excluding ortho intramolecular Hbond substituents is 2. The molecule has 76 heavy (non-hydrogen) atoms.